The molecule has 28 heavy (non-hydrogen) atoms. The predicted molar refractivity (Wildman–Crippen MR) is 104 cm³/mol. The van der Waals surface area contributed by atoms with Gasteiger partial charge >= 0.3 is 0 Å². The number of benzene rings is 1. The number of aryl methyl sites for hydroxylation is 1. The fraction of sp³-hybridized carbons (Fsp3) is 0.429. The van der Waals surface area contributed by atoms with Crippen molar-refractivity contribution < 1.29 is 4.79 Å². The smallest absolute Gasteiger partial charge is 0.227 e. The number of carbonyl (C=O) groups is 1. The summed E-state index contributed by atoms with van der Waals surface area (Å²) >= 11 is 0. The highest BCUT2D eigenvalue weighted by atomic mass is 16.2. The van der Waals surface area contributed by atoms with Crippen LogP contribution in [0.2, 0.25) is 0 Å². The molecule has 4 heterocycles. The molecular formula is C21H24N6O. The quantitative estimate of drug-likeness (QED) is 0.762. The lowest BCUT2D eigenvalue weighted by atomic mass is 9.92. The number of nitrogens with zero attached hydrogens (tertiary/aromatic N) is 5. The van der Waals surface area contributed by atoms with E-state index in [9.17, 15) is 4.79 Å². The van der Waals surface area contributed by atoms with Gasteiger partial charge in [-0.25, -0.2) is 9.97 Å². The second kappa shape index (κ2) is 7.22. The molecule has 1 unspecified atom stereocenters. The molecule has 2 aromatic heterocycles. The fourth-order valence-electron chi connectivity index (χ4n) is 4.38. The summed E-state index contributed by atoms with van der Waals surface area (Å²) in [4.78, 5) is 23.9. The minimum Gasteiger partial charge on any atom is -0.342 e. The lowest BCUT2D eigenvalue weighted by Crippen LogP contribution is -2.43. The first-order chi connectivity index (χ1) is 13.8. The Labute approximate surface area is 163 Å². The molecule has 3 aromatic rings. The highest BCUT2D eigenvalue weighted by Crippen LogP contribution is 2.29. The number of aromatic amines is 1. The second-order valence-corrected chi connectivity index (χ2v) is 7.78. The maximum absolute atomic E-state index is 13.0. The number of nitrogens with one attached hydrogen (secondary N) is 1. The molecule has 1 N–H and O–H groups in total. The van der Waals surface area contributed by atoms with Crippen LogP contribution in [-0.2, 0) is 17.8 Å². The van der Waals surface area contributed by atoms with Gasteiger partial charge in [0.2, 0.25) is 5.91 Å². The van der Waals surface area contributed by atoms with Gasteiger partial charge in [-0.3, -0.25) is 9.89 Å². The van der Waals surface area contributed by atoms with Gasteiger partial charge in [-0.05, 0) is 25.7 Å². The van der Waals surface area contributed by atoms with E-state index in [4.69, 9.17) is 4.98 Å². The maximum Gasteiger partial charge on any atom is 0.227 e. The molecule has 144 valence electrons. The predicted octanol–water partition coefficient (Wildman–Crippen LogP) is 2.64. The summed E-state index contributed by atoms with van der Waals surface area (Å²) in [6, 6.07) is 10.0. The Balaban J connectivity index is 1.20. The second-order valence-electron chi connectivity index (χ2n) is 7.78. The molecule has 7 nitrogen and oxygen atoms in total. The van der Waals surface area contributed by atoms with Crippen molar-refractivity contribution in [1.82, 2.24) is 29.6 Å². The third-order valence-corrected chi connectivity index (χ3v) is 6.04. The molecule has 2 aliphatic heterocycles. The number of rotatable bonds is 3. The SMILES string of the molecule is O=C(C1CCc2cncn2C1)N1CCC(c2nc(-c3ccccc3)n[nH]2)CC1. The largest absolute Gasteiger partial charge is 0.342 e. The van der Waals surface area contributed by atoms with Crippen LogP contribution in [0.15, 0.2) is 42.9 Å². The zero-order chi connectivity index (χ0) is 18.9. The normalized spacial score (nSPS) is 20.1. The summed E-state index contributed by atoms with van der Waals surface area (Å²) in [5.41, 5.74) is 2.26. The first kappa shape index (κ1) is 17.2. The van der Waals surface area contributed by atoms with Crippen LogP contribution >= 0.6 is 0 Å². The molecule has 1 atom stereocenters. The molecule has 1 amide bonds. The van der Waals surface area contributed by atoms with Gasteiger partial charge in [0.05, 0.1) is 12.2 Å². The monoisotopic (exact) mass is 376 g/mol. The summed E-state index contributed by atoms with van der Waals surface area (Å²) in [6.45, 7) is 2.34. The van der Waals surface area contributed by atoms with E-state index in [0.29, 0.717) is 11.8 Å². The van der Waals surface area contributed by atoms with E-state index < -0.39 is 0 Å². The van der Waals surface area contributed by atoms with Gasteiger partial charge in [-0.15, -0.1) is 0 Å². The van der Waals surface area contributed by atoms with E-state index in [1.54, 1.807) is 0 Å². The Hall–Kier alpha value is -2.96. The first-order valence-corrected chi connectivity index (χ1v) is 10.0. The topological polar surface area (TPSA) is 79.7 Å². The van der Waals surface area contributed by atoms with E-state index >= 15 is 0 Å². The third kappa shape index (κ3) is 3.21. The van der Waals surface area contributed by atoms with Crippen LogP contribution in [0.4, 0.5) is 0 Å². The van der Waals surface area contributed by atoms with E-state index in [2.05, 4.69) is 19.7 Å². The number of aromatic nitrogens is 5. The molecule has 0 bridgehead atoms. The minimum absolute atomic E-state index is 0.0770. The standard InChI is InChI=1S/C21H24N6O/c28-21(17-6-7-18-12-22-14-27(18)13-17)26-10-8-16(9-11-26)20-23-19(24-25-20)15-4-2-1-3-5-15/h1-5,12,14,16-17H,6-11,13H2,(H,23,24,25). The van der Waals surface area contributed by atoms with Crippen molar-refractivity contribution in [3.05, 3.63) is 54.4 Å². The Morgan fingerprint density at radius 1 is 1.11 bits per heavy atom. The van der Waals surface area contributed by atoms with Crippen LogP contribution in [0.1, 0.15) is 36.7 Å². The van der Waals surface area contributed by atoms with Crippen molar-refractivity contribution >= 4 is 5.91 Å². The number of H-pyrrole nitrogens is 1. The number of likely N-dealkylation sites (tertiary alicyclic amines) is 1. The van der Waals surface area contributed by atoms with Gasteiger partial charge in [-0.1, -0.05) is 30.3 Å². The molecule has 7 heteroatoms. The van der Waals surface area contributed by atoms with Gasteiger partial charge in [0.25, 0.3) is 0 Å². The molecule has 5 rings (SSSR count). The van der Waals surface area contributed by atoms with E-state index in [1.807, 2.05) is 47.8 Å². The van der Waals surface area contributed by atoms with Crippen LogP contribution in [-0.4, -0.2) is 48.6 Å². The van der Waals surface area contributed by atoms with Crippen LogP contribution in [0.5, 0.6) is 0 Å². The van der Waals surface area contributed by atoms with E-state index in [0.717, 1.165) is 62.5 Å². The van der Waals surface area contributed by atoms with E-state index in [-0.39, 0.29) is 5.92 Å². The number of carbonyl (C=O) groups excluding carboxylic acids is 1. The number of fused-ring (bicyclic) bond motifs is 1. The zero-order valence-corrected chi connectivity index (χ0v) is 15.8. The van der Waals surface area contributed by atoms with Gasteiger partial charge in [0, 0.05) is 43.0 Å². The Morgan fingerprint density at radius 3 is 2.75 bits per heavy atom. The highest BCUT2D eigenvalue weighted by molar-refractivity contribution is 5.79. The summed E-state index contributed by atoms with van der Waals surface area (Å²) in [5, 5.41) is 7.49. The molecule has 1 saturated heterocycles. The number of hydrogen-bond acceptors (Lipinski definition) is 4. The van der Waals surface area contributed by atoms with Crippen molar-refractivity contribution in [2.24, 2.45) is 5.92 Å². The molecule has 0 aliphatic carbocycles. The van der Waals surface area contributed by atoms with E-state index in [1.165, 1.54) is 5.69 Å². The summed E-state index contributed by atoms with van der Waals surface area (Å²) in [5.74, 6) is 2.38. The number of piperidine rings is 1. The average molecular weight is 376 g/mol. The van der Waals surface area contributed by atoms with Crippen LogP contribution in [0, 0.1) is 5.92 Å². The minimum atomic E-state index is 0.0770. The number of hydrogen-bond donors (Lipinski definition) is 1. The van der Waals surface area contributed by atoms with Gasteiger partial charge in [-0.2, -0.15) is 5.10 Å². The molecule has 0 saturated carbocycles. The number of amides is 1. The molecule has 0 spiro atoms. The average Bonchev–Trinajstić information content (AvgIpc) is 3.43. The summed E-state index contributed by atoms with van der Waals surface area (Å²) in [6.07, 6.45) is 7.47. The third-order valence-electron chi connectivity index (χ3n) is 6.04. The van der Waals surface area contributed by atoms with Crippen molar-refractivity contribution in [3.63, 3.8) is 0 Å². The summed E-state index contributed by atoms with van der Waals surface area (Å²) < 4.78 is 2.12. The summed E-state index contributed by atoms with van der Waals surface area (Å²) in [7, 11) is 0. The lowest BCUT2D eigenvalue weighted by Gasteiger charge is -2.34. The van der Waals surface area contributed by atoms with Crippen LogP contribution in [0.25, 0.3) is 11.4 Å². The zero-order valence-electron chi connectivity index (χ0n) is 15.8. The highest BCUT2D eigenvalue weighted by Gasteiger charge is 2.32. The van der Waals surface area contributed by atoms with Crippen molar-refractivity contribution in [2.75, 3.05) is 13.1 Å². The fourth-order valence-corrected chi connectivity index (χ4v) is 4.38. The first-order valence-electron chi connectivity index (χ1n) is 10.0. The molecular weight excluding hydrogens is 352 g/mol. The molecule has 0 radical (unpaired) electrons. The van der Waals surface area contributed by atoms with Crippen LogP contribution in [0.3, 0.4) is 0 Å². The Bertz CT molecular complexity index is 954. The number of imidazole rings is 1. The van der Waals surface area contributed by atoms with Gasteiger partial charge in [0.15, 0.2) is 5.82 Å². The Kier molecular flexibility index (Phi) is 4.43. The molecule has 2 aliphatic rings. The van der Waals surface area contributed by atoms with Crippen molar-refractivity contribution in [2.45, 2.75) is 38.1 Å². The molecule has 1 aromatic carbocycles. The van der Waals surface area contributed by atoms with Gasteiger partial charge in [0.1, 0.15) is 5.82 Å². The molecule has 1 fully saturated rings. The lowest BCUT2D eigenvalue weighted by molar-refractivity contribution is -0.137. The van der Waals surface area contributed by atoms with Crippen molar-refractivity contribution in [1.29, 1.82) is 0 Å². The van der Waals surface area contributed by atoms with Crippen molar-refractivity contribution in [3.8, 4) is 11.4 Å². The van der Waals surface area contributed by atoms with Crippen LogP contribution < -0.4 is 0 Å². The van der Waals surface area contributed by atoms with Gasteiger partial charge < -0.3 is 9.47 Å². The Morgan fingerprint density at radius 2 is 1.93 bits per heavy atom. The maximum atomic E-state index is 13.0.